The van der Waals surface area contributed by atoms with E-state index in [2.05, 4.69) is 15.6 Å². The molecule has 0 aliphatic carbocycles. The van der Waals surface area contributed by atoms with Gasteiger partial charge in [0.15, 0.2) is 0 Å². The number of nitrogens with one attached hydrogen (secondary N) is 2. The van der Waals surface area contributed by atoms with Crippen LogP contribution in [0.4, 0.5) is 11.4 Å². The maximum atomic E-state index is 11.8. The highest BCUT2D eigenvalue weighted by molar-refractivity contribution is 6.38. The van der Waals surface area contributed by atoms with Gasteiger partial charge < -0.3 is 15.4 Å². The van der Waals surface area contributed by atoms with Crippen molar-refractivity contribution in [2.45, 2.75) is 32.7 Å². The van der Waals surface area contributed by atoms with Gasteiger partial charge in [-0.2, -0.15) is 0 Å². The van der Waals surface area contributed by atoms with Gasteiger partial charge in [0.2, 0.25) is 5.91 Å². The second-order valence-corrected chi connectivity index (χ2v) is 6.83. The molecule has 0 fully saturated rings. The lowest BCUT2D eigenvalue weighted by Crippen LogP contribution is -2.33. The molecule has 0 aromatic heterocycles. The SMILES string of the molecule is CC(=O)Nc1cccc(C2=NC(Nc3ccc4c(c3)C(=O)OC4)C(C)N=C2)c1. The van der Waals surface area contributed by atoms with Crippen LogP contribution in [0.25, 0.3) is 0 Å². The standard InChI is InChI=1S/C21H20N4O3/c1-12-20(24-17-7-6-15-11-28-21(27)18(15)9-17)25-19(10-22-12)14-4-3-5-16(8-14)23-13(2)26/h3-10,12,20,24H,11H2,1-2H3,(H,23,26). The van der Waals surface area contributed by atoms with Crippen LogP contribution in [0.15, 0.2) is 52.4 Å². The summed E-state index contributed by atoms with van der Waals surface area (Å²) in [4.78, 5) is 32.4. The van der Waals surface area contributed by atoms with E-state index in [4.69, 9.17) is 9.73 Å². The minimum absolute atomic E-state index is 0.0671. The number of esters is 1. The van der Waals surface area contributed by atoms with Gasteiger partial charge in [-0.15, -0.1) is 0 Å². The first-order valence-corrected chi connectivity index (χ1v) is 9.05. The first-order valence-electron chi connectivity index (χ1n) is 9.05. The number of fused-ring (bicyclic) bond motifs is 1. The van der Waals surface area contributed by atoms with E-state index in [1.54, 1.807) is 12.3 Å². The molecule has 1 amide bonds. The van der Waals surface area contributed by atoms with Crippen molar-refractivity contribution < 1.29 is 14.3 Å². The van der Waals surface area contributed by atoms with Gasteiger partial charge in [-0.05, 0) is 31.2 Å². The fourth-order valence-electron chi connectivity index (χ4n) is 3.20. The number of rotatable bonds is 4. The van der Waals surface area contributed by atoms with E-state index in [9.17, 15) is 9.59 Å². The Morgan fingerprint density at radius 2 is 2.04 bits per heavy atom. The second kappa shape index (κ2) is 7.26. The molecule has 2 aliphatic heterocycles. The summed E-state index contributed by atoms with van der Waals surface area (Å²) in [5, 5.41) is 6.12. The summed E-state index contributed by atoms with van der Waals surface area (Å²) < 4.78 is 5.06. The molecule has 2 aromatic rings. The first-order chi connectivity index (χ1) is 13.5. The summed E-state index contributed by atoms with van der Waals surface area (Å²) in [6.45, 7) is 3.77. The van der Waals surface area contributed by atoms with Crippen molar-refractivity contribution in [3.8, 4) is 0 Å². The number of hydrogen-bond acceptors (Lipinski definition) is 6. The topological polar surface area (TPSA) is 92.2 Å². The Kier molecular flexibility index (Phi) is 4.65. The minimum Gasteiger partial charge on any atom is -0.457 e. The number of hydrogen-bond donors (Lipinski definition) is 2. The largest absolute Gasteiger partial charge is 0.457 e. The van der Waals surface area contributed by atoms with E-state index in [-0.39, 0.29) is 24.1 Å². The number of benzene rings is 2. The zero-order chi connectivity index (χ0) is 19.7. The lowest BCUT2D eigenvalue weighted by molar-refractivity contribution is -0.114. The van der Waals surface area contributed by atoms with E-state index < -0.39 is 0 Å². The van der Waals surface area contributed by atoms with Crippen molar-refractivity contribution in [1.29, 1.82) is 0 Å². The fraction of sp³-hybridized carbons (Fsp3) is 0.238. The highest BCUT2D eigenvalue weighted by atomic mass is 16.5. The molecule has 0 spiro atoms. The molecule has 2 aliphatic rings. The van der Waals surface area contributed by atoms with Gasteiger partial charge in [0.1, 0.15) is 12.8 Å². The Balaban J connectivity index is 1.58. The van der Waals surface area contributed by atoms with Crippen LogP contribution in [-0.2, 0) is 16.1 Å². The van der Waals surface area contributed by atoms with Gasteiger partial charge in [-0.25, -0.2) is 4.79 Å². The smallest absolute Gasteiger partial charge is 0.338 e. The molecule has 0 bridgehead atoms. The number of carbonyl (C=O) groups is 2. The summed E-state index contributed by atoms with van der Waals surface area (Å²) in [5.41, 5.74) is 4.58. The molecule has 2 heterocycles. The molecule has 0 radical (unpaired) electrons. The highest BCUT2D eigenvalue weighted by Gasteiger charge is 2.24. The Labute approximate surface area is 162 Å². The number of nitrogens with zero attached hydrogens (tertiary/aromatic N) is 2. The molecule has 7 heteroatoms. The Bertz CT molecular complexity index is 1010. The minimum atomic E-state index is -0.299. The summed E-state index contributed by atoms with van der Waals surface area (Å²) in [7, 11) is 0. The predicted octanol–water partition coefficient (Wildman–Crippen LogP) is 3.02. The van der Waals surface area contributed by atoms with E-state index in [0.717, 1.165) is 22.5 Å². The molecule has 2 unspecified atom stereocenters. The van der Waals surface area contributed by atoms with Crippen molar-refractivity contribution in [3.05, 3.63) is 59.2 Å². The zero-order valence-electron chi connectivity index (χ0n) is 15.6. The Hall–Kier alpha value is -3.48. The third-order valence-electron chi connectivity index (χ3n) is 4.65. The number of anilines is 2. The maximum absolute atomic E-state index is 11.8. The lowest BCUT2D eigenvalue weighted by Gasteiger charge is -2.24. The Morgan fingerprint density at radius 3 is 2.86 bits per heavy atom. The lowest BCUT2D eigenvalue weighted by atomic mass is 10.1. The van der Waals surface area contributed by atoms with Gasteiger partial charge in [-0.3, -0.25) is 14.8 Å². The molecular weight excluding hydrogens is 356 g/mol. The highest BCUT2D eigenvalue weighted by Crippen LogP contribution is 2.25. The number of cyclic esters (lactones) is 1. The third-order valence-corrected chi connectivity index (χ3v) is 4.65. The van der Waals surface area contributed by atoms with Crippen molar-refractivity contribution in [1.82, 2.24) is 0 Å². The first kappa shape index (κ1) is 17.9. The summed E-state index contributed by atoms with van der Waals surface area (Å²) in [6, 6.07) is 13.0. The normalized spacial score (nSPS) is 20.2. The number of ether oxygens (including phenoxy) is 1. The number of amides is 1. The molecule has 0 saturated heterocycles. The molecule has 4 rings (SSSR count). The molecule has 28 heavy (non-hydrogen) atoms. The van der Waals surface area contributed by atoms with Crippen molar-refractivity contribution in [2.75, 3.05) is 10.6 Å². The van der Waals surface area contributed by atoms with Crippen LogP contribution in [0.3, 0.4) is 0 Å². The van der Waals surface area contributed by atoms with Crippen LogP contribution in [0.1, 0.15) is 35.3 Å². The van der Waals surface area contributed by atoms with Crippen LogP contribution >= 0.6 is 0 Å². The van der Waals surface area contributed by atoms with E-state index in [0.29, 0.717) is 17.9 Å². The number of carbonyl (C=O) groups excluding carboxylic acids is 2. The number of aliphatic imine (C=N–C) groups is 2. The van der Waals surface area contributed by atoms with Crippen LogP contribution in [0.2, 0.25) is 0 Å². The van der Waals surface area contributed by atoms with Gasteiger partial charge in [0, 0.05) is 35.6 Å². The monoisotopic (exact) mass is 376 g/mol. The average molecular weight is 376 g/mol. The maximum Gasteiger partial charge on any atom is 0.338 e. The van der Waals surface area contributed by atoms with Crippen LogP contribution < -0.4 is 10.6 Å². The third kappa shape index (κ3) is 3.64. The van der Waals surface area contributed by atoms with E-state index in [1.807, 2.05) is 43.3 Å². The molecule has 2 N–H and O–H groups in total. The quantitative estimate of drug-likeness (QED) is 0.803. The molecule has 2 atom stereocenters. The summed E-state index contributed by atoms with van der Waals surface area (Å²) in [5.74, 6) is -0.424. The van der Waals surface area contributed by atoms with Crippen molar-refractivity contribution in [3.63, 3.8) is 0 Å². The van der Waals surface area contributed by atoms with Crippen molar-refractivity contribution in [2.24, 2.45) is 9.98 Å². The van der Waals surface area contributed by atoms with Gasteiger partial charge in [0.25, 0.3) is 0 Å². The fourth-order valence-corrected chi connectivity index (χ4v) is 3.20. The second-order valence-electron chi connectivity index (χ2n) is 6.83. The van der Waals surface area contributed by atoms with Crippen LogP contribution in [-0.4, -0.2) is 36.0 Å². The van der Waals surface area contributed by atoms with Crippen LogP contribution in [0.5, 0.6) is 0 Å². The van der Waals surface area contributed by atoms with Crippen molar-refractivity contribution >= 4 is 35.2 Å². The molecule has 2 aromatic carbocycles. The van der Waals surface area contributed by atoms with Gasteiger partial charge in [-0.1, -0.05) is 18.2 Å². The molecule has 142 valence electrons. The van der Waals surface area contributed by atoms with E-state index >= 15 is 0 Å². The summed E-state index contributed by atoms with van der Waals surface area (Å²) >= 11 is 0. The molecular formula is C21H20N4O3. The van der Waals surface area contributed by atoms with E-state index in [1.165, 1.54) is 6.92 Å². The molecule has 7 nitrogen and oxygen atoms in total. The zero-order valence-corrected chi connectivity index (χ0v) is 15.6. The Morgan fingerprint density at radius 1 is 1.18 bits per heavy atom. The van der Waals surface area contributed by atoms with Crippen LogP contribution in [0, 0.1) is 0 Å². The summed E-state index contributed by atoms with van der Waals surface area (Å²) in [6.07, 6.45) is 1.47. The predicted molar refractivity (Wildman–Crippen MR) is 108 cm³/mol. The molecule has 0 saturated carbocycles. The average Bonchev–Trinajstić information content (AvgIpc) is 3.04. The van der Waals surface area contributed by atoms with Gasteiger partial charge in [0.05, 0.1) is 17.3 Å². The van der Waals surface area contributed by atoms with Gasteiger partial charge >= 0.3 is 5.97 Å².